The SMILES string of the molecule is CCCCCCCCC(OC(C)=O)C1=CC(=O)OC1O[Si](CC)(CC)CC. The van der Waals surface area contributed by atoms with Crippen LogP contribution >= 0.6 is 0 Å². The predicted octanol–water partition coefficient (Wildman–Crippen LogP) is 5.50. The minimum absolute atomic E-state index is 0.338. The Kier molecular flexibility index (Phi) is 10.9. The van der Waals surface area contributed by atoms with Crippen molar-refractivity contribution in [2.45, 2.75) is 110 Å². The van der Waals surface area contributed by atoms with Gasteiger partial charge in [-0.05, 0) is 31.0 Å². The molecule has 5 nitrogen and oxygen atoms in total. The molecule has 1 aliphatic rings. The van der Waals surface area contributed by atoms with E-state index in [2.05, 4.69) is 27.7 Å². The van der Waals surface area contributed by atoms with Gasteiger partial charge in [-0.1, -0.05) is 59.8 Å². The molecule has 1 rings (SSSR count). The summed E-state index contributed by atoms with van der Waals surface area (Å²) in [4.78, 5) is 23.6. The summed E-state index contributed by atoms with van der Waals surface area (Å²) in [7, 11) is -1.95. The molecule has 0 saturated heterocycles. The normalized spacial score (nSPS) is 18.2. The Hall–Kier alpha value is -1.14. The van der Waals surface area contributed by atoms with Gasteiger partial charge in [0.05, 0.1) is 0 Å². The zero-order chi connectivity index (χ0) is 20.3. The molecule has 6 heteroatoms. The second kappa shape index (κ2) is 12.3. The van der Waals surface area contributed by atoms with Crippen molar-refractivity contribution >= 4 is 20.3 Å². The molecule has 27 heavy (non-hydrogen) atoms. The lowest BCUT2D eigenvalue weighted by atomic mass is 10.0. The maximum Gasteiger partial charge on any atom is 0.333 e. The number of cyclic esters (lactones) is 1. The zero-order valence-corrected chi connectivity index (χ0v) is 18.8. The molecule has 0 bridgehead atoms. The van der Waals surface area contributed by atoms with Gasteiger partial charge >= 0.3 is 11.9 Å². The van der Waals surface area contributed by atoms with Crippen molar-refractivity contribution in [3.8, 4) is 0 Å². The van der Waals surface area contributed by atoms with Gasteiger partial charge in [0.1, 0.15) is 6.10 Å². The minimum atomic E-state index is -1.95. The zero-order valence-electron chi connectivity index (χ0n) is 17.8. The van der Waals surface area contributed by atoms with E-state index >= 15 is 0 Å². The molecule has 0 spiro atoms. The molecule has 0 aromatic heterocycles. The largest absolute Gasteiger partial charge is 0.458 e. The average Bonchev–Trinajstić information content (AvgIpc) is 3.01. The van der Waals surface area contributed by atoms with Crippen LogP contribution in [0.25, 0.3) is 0 Å². The van der Waals surface area contributed by atoms with Crippen LogP contribution in [0.4, 0.5) is 0 Å². The van der Waals surface area contributed by atoms with Crippen molar-refractivity contribution in [2.75, 3.05) is 0 Å². The van der Waals surface area contributed by atoms with E-state index in [1.165, 1.54) is 38.7 Å². The number of hydrogen-bond acceptors (Lipinski definition) is 5. The van der Waals surface area contributed by atoms with E-state index in [0.717, 1.165) is 31.0 Å². The van der Waals surface area contributed by atoms with Crippen molar-refractivity contribution in [3.05, 3.63) is 11.6 Å². The minimum Gasteiger partial charge on any atom is -0.458 e. The number of hydrogen-bond donors (Lipinski definition) is 0. The summed E-state index contributed by atoms with van der Waals surface area (Å²) in [5.41, 5.74) is 0.677. The molecule has 1 heterocycles. The summed E-state index contributed by atoms with van der Waals surface area (Å²) in [5.74, 6) is -0.740. The van der Waals surface area contributed by atoms with Gasteiger partial charge in [-0.3, -0.25) is 4.79 Å². The lowest BCUT2D eigenvalue weighted by Crippen LogP contribution is -2.42. The molecule has 0 N–H and O–H groups in total. The first-order valence-corrected chi connectivity index (χ1v) is 13.2. The number of esters is 2. The van der Waals surface area contributed by atoms with Crippen LogP contribution in [0, 0.1) is 0 Å². The van der Waals surface area contributed by atoms with E-state index in [0.29, 0.717) is 12.0 Å². The van der Waals surface area contributed by atoms with E-state index < -0.39 is 26.7 Å². The maximum absolute atomic E-state index is 11.9. The van der Waals surface area contributed by atoms with Crippen molar-refractivity contribution in [2.24, 2.45) is 0 Å². The van der Waals surface area contributed by atoms with Crippen molar-refractivity contribution in [1.29, 1.82) is 0 Å². The quantitative estimate of drug-likeness (QED) is 0.220. The molecule has 0 radical (unpaired) electrons. The maximum atomic E-state index is 11.9. The van der Waals surface area contributed by atoms with Crippen LogP contribution in [-0.4, -0.2) is 32.6 Å². The molecule has 0 amide bonds. The first kappa shape index (κ1) is 23.9. The van der Waals surface area contributed by atoms with Crippen molar-refractivity contribution in [1.82, 2.24) is 0 Å². The summed E-state index contributed by atoms with van der Waals surface area (Å²) < 4.78 is 17.4. The second-order valence-electron chi connectivity index (χ2n) is 7.43. The molecule has 1 aliphatic heterocycles. The Labute approximate surface area is 166 Å². The van der Waals surface area contributed by atoms with E-state index in [4.69, 9.17) is 13.9 Å². The number of rotatable bonds is 14. The lowest BCUT2D eigenvalue weighted by Gasteiger charge is -2.33. The molecule has 0 saturated carbocycles. The molecular weight excluding hydrogens is 360 g/mol. The van der Waals surface area contributed by atoms with Gasteiger partial charge in [0.2, 0.25) is 6.29 Å². The molecule has 0 aromatic carbocycles. The third-order valence-electron chi connectivity index (χ3n) is 5.57. The smallest absolute Gasteiger partial charge is 0.333 e. The summed E-state index contributed by atoms with van der Waals surface area (Å²) >= 11 is 0. The number of unbranched alkanes of at least 4 members (excludes halogenated alkanes) is 5. The van der Waals surface area contributed by atoms with E-state index in [-0.39, 0.29) is 5.97 Å². The predicted molar refractivity (Wildman–Crippen MR) is 110 cm³/mol. The third kappa shape index (κ3) is 7.78. The fourth-order valence-corrected chi connectivity index (χ4v) is 6.22. The molecule has 0 fully saturated rings. The van der Waals surface area contributed by atoms with Gasteiger partial charge < -0.3 is 13.9 Å². The molecule has 2 atom stereocenters. The number of carbonyl (C=O) groups is 2. The van der Waals surface area contributed by atoms with E-state index in [9.17, 15) is 9.59 Å². The molecule has 0 aliphatic carbocycles. The van der Waals surface area contributed by atoms with Crippen LogP contribution < -0.4 is 0 Å². The summed E-state index contributed by atoms with van der Waals surface area (Å²) in [6, 6.07) is 2.91. The fourth-order valence-electron chi connectivity index (χ4n) is 3.58. The van der Waals surface area contributed by atoms with Crippen LogP contribution in [0.3, 0.4) is 0 Å². The summed E-state index contributed by atoms with van der Waals surface area (Å²) in [5, 5.41) is 0. The van der Waals surface area contributed by atoms with Crippen LogP contribution in [0.2, 0.25) is 18.1 Å². The van der Waals surface area contributed by atoms with Gasteiger partial charge in [-0.2, -0.15) is 0 Å². The lowest BCUT2D eigenvalue weighted by molar-refractivity contribution is -0.152. The number of carbonyl (C=O) groups excluding carboxylic acids is 2. The standard InChI is InChI=1S/C21H38O5Si/c1-6-10-11-12-13-14-15-19(24-17(5)22)18-16-20(23)25-21(18)26-27(7-2,8-3)9-4/h16,19,21H,6-15H2,1-5H3. The van der Waals surface area contributed by atoms with Gasteiger partial charge in [0, 0.05) is 18.6 Å². The average molecular weight is 399 g/mol. The Morgan fingerprint density at radius 2 is 1.67 bits per heavy atom. The summed E-state index contributed by atoms with van der Waals surface area (Å²) in [6.07, 6.45) is 7.99. The Balaban J connectivity index is 2.79. The van der Waals surface area contributed by atoms with Crippen molar-refractivity contribution < 1.29 is 23.5 Å². The summed E-state index contributed by atoms with van der Waals surface area (Å²) in [6.45, 7) is 10.0. The molecular formula is C21H38O5Si. The Morgan fingerprint density at radius 1 is 1.07 bits per heavy atom. The Bertz CT molecular complexity index is 491. The highest BCUT2D eigenvalue weighted by molar-refractivity contribution is 6.73. The highest BCUT2D eigenvalue weighted by Gasteiger charge is 2.40. The van der Waals surface area contributed by atoms with Crippen LogP contribution in [0.1, 0.15) is 79.6 Å². The molecule has 156 valence electrons. The van der Waals surface area contributed by atoms with Crippen LogP contribution in [-0.2, 0) is 23.5 Å². The molecule has 0 aromatic rings. The van der Waals surface area contributed by atoms with Gasteiger partial charge in [0.15, 0.2) is 8.32 Å². The fraction of sp³-hybridized carbons (Fsp3) is 0.810. The topological polar surface area (TPSA) is 61.8 Å². The molecule has 2 unspecified atom stereocenters. The van der Waals surface area contributed by atoms with Crippen LogP contribution in [0.15, 0.2) is 11.6 Å². The first-order valence-electron chi connectivity index (χ1n) is 10.7. The highest BCUT2D eigenvalue weighted by atomic mass is 28.4. The number of ether oxygens (including phenoxy) is 2. The van der Waals surface area contributed by atoms with Gasteiger partial charge in [-0.25, -0.2) is 4.79 Å². The van der Waals surface area contributed by atoms with Gasteiger partial charge in [0.25, 0.3) is 0 Å². The van der Waals surface area contributed by atoms with E-state index in [1.807, 2.05) is 0 Å². The Morgan fingerprint density at radius 3 is 2.22 bits per heavy atom. The highest BCUT2D eigenvalue weighted by Crippen LogP contribution is 2.32. The first-order chi connectivity index (χ1) is 12.9. The monoisotopic (exact) mass is 398 g/mol. The third-order valence-corrected chi connectivity index (χ3v) is 10.1. The van der Waals surface area contributed by atoms with Crippen molar-refractivity contribution in [3.63, 3.8) is 0 Å². The second-order valence-corrected chi connectivity index (χ2v) is 12.2. The van der Waals surface area contributed by atoms with E-state index in [1.54, 1.807) is 0 Å². The van der Waals surface area contributed by atoms with Crippen LogP contribution in [0.5, 0.6) is 0 Å². The van der Waals surface area contributed by atoms with Gasteiger partial charge in [-0.15, -0.1) is 0 Å².